The second-order valence-corrected chi connectivity index (χ2v) is 13.8. The monoisotopic (exact) mass is 580 g/mol. The summed E-state index contributed by atoms with van der Waals surface area (Å²) in [4.78, 5) is 45.4. The zero-order valence-corrected chi connectivity index (χ0v) is 23.8. The molecule has 2 unspecified atom stereocenters. The minimum atomic E-state index is -4.54. The molecule has 0 aliphatic carbocycles. The molecule has 218 valence electrons. The molecule has 15 heteroatoms. The summed E-state index contributed by atoms with van der Waals surface area (Å²) in [5.41, 5.74) is 1.53. The first-order chi connectivity index (χ1) is 17.7. The van der Waals surface area contributed by atoms with Crippen LogP contribution in [0.3, 0.4) is 0 Å². The van der Waals surface area contributed by atoms with Crippen molar-refractivity contribution in [1.82, 2.24) is 19.6 Å². The van der Waals surface area contributed by atoms with Crippen molar-refractivity contribution in [3.05, 3.63) is 29.3 Å². The minimum Gasteiger partial charge on any atom is -0.492 e. The Labute approximate surface area is 223 Å². The van der Waals surface area contributed by atoms with E-state index in [1.807, 2.05) is 6.07 Å². The molecule has 38 heavy (non-hydrogen) atoms. The highest BCUT2D eigenvalue weighted by atomic mass is 31.2. The maximum atomic E-state index is 11.6. The molecule has 0 saturated carbocycles. The number of β-amino-alcohol motifs (C(OH)–C–C–N with tert-alkyl or cyclic N) is 2. The summed E-state index contributed by atoms with van der Waals surface area (Å²) in [6.07, 6.45) is -2.49. The Kier molecular flexibility index (Phi) is 11.3. The number of rotatable bonds is 10. The average Bonchev–Trinajstić information content (AvgIpc) is 2.80. The third-order valence-electron chi connectivity index (χ3n) is 6.57. The predicted octanol–water partition coefficient (Wildman–Crippen LogP) is -0.299. The summed E-state index contributed by atoms with van der Waals surface area (Å²) < 4.78 is 29.3. The molecule has 0 radical (unpaired) electrons. The van der Waals surface area contributed by atoms with Gasteiger partial charge in [0.2, 0.25) is 0 Å². The van der Waals surface area contributed by atoms with Crippen LogP contribution in [0, 0.1) is 0 Å². The number of aliphatic hydroxyl groups excluding tert-OH is 2. The van der Waals surface area contributed by atoms with Gasteiger partial charge in [0.15, 0.2) is 0 Å². The van der Waals surface area contributed by atoms with Gasteiger partial charge in [0.1, 0.15) is 24.9 Å². The van der Waals surface area contributed by atoms with E-state index in [1.165, 1.54) is 0 Å². The number of hydrogen-bond donors (Lipinski definition) is 6. The van der Waals surface area contributed by atoms with Gasteiger partial charge in [-0.1, -0.05) is 6.07 Å². The molecular formula is C23H42N4O9P2. The molecule has 1 fully saturated rings. The van der Waals surface area contributed by atoms with E-state index in [4.69, 9.17) is 4.74 Å². The minimum absolute atomic E-state index is 0.0452. The SMILES string of the molecule is C[C@H](O)CN1CCN2Cc3cc(CN(CP(=O)(O)O)CP(=O)(O)O)ccc3OCC(C2)N(C[C@H](C)O)CC1. The largest absolute Gasteiger partial charge is 0.492 e. The zero-order chi connectivity index (χ0) is 28.1. The van der Waals surface area contributed by atoms with Crippen molar-refractivity contribution in [1.29, 1.82) is 0 Å². The van der Waals surface area contributed by atoms with Gasteiger partial charge in [0.05, 0.1) is 18.2 Å². The highest BCUT2D eigenvalue weighted by Gasteiger charge is 2.30. The van der Waals surface area contributed by atoms with Crippen LogP contribution in [0.15, 0.2) is 18.2 Å². The van der Waals surface area contributed by atoms with Crippen LogP contribution >= 0.6 is 15.2 Å². The van der Waals surface area contributed by atoms with E-state index in [0.717, 1.165) is 36.6 Å². The molecule has 1 aromatic rings. The van der Waals surface area contributed by atoms with Gasteiger partial charge in [-0.05, 0) is 31.5 Å². The van der Waals surface area contributed by atoms with Crippen molar-refractivity contribution in [2.45, 2.75) is 45.2 Å². The molecule has 3 rings (SSSR count). The summed E-state index contributed by atoms with van der Waals surface area (Å²) in [5, 5.41) is 20.1. The van der Waals surface area contributed by atoms with Crippen molar-refractivity contribution in [3.63, 3.8) is 0 Å². The molecule has 6 N–H and O–H groups in total. The zero-order valence-electron chi connectivity index (χ0n) is 22.0. The molecule has 1 saturated heterocycles. The normalized spacial score (nSPS) is 23.8. The van der Waals surface area contributed by atoms with Gasteiger partial charge < -0.3 is 34.5 Å². The smallest absolute Gasteiger partial charge is 0.339 e. The quantitative estimate of drug-likeness (QED) is 0.199. The fraction of sp³-hybridized carbons (Fsp3) is 0.739. The first-order valence-electron chi connectivity index (χ1n) is 12.8. The van der Waals surface area contributed by atoms with Crippen molar-refractivity contribution >= 4 is 15.2 Å². The molecule has 0 amide bonds. The molecule has 2 aliphatic rings. The first kappa shape index (κ1) is 31.6. The van der Waals surface area contributed by atoms with E-state index >= 15 is 0 Å². The second-order valence-electron chi connectivity index (χ2n) is 10.6. The van der Waals surface area contributed by atoms with Gasteiger partial charge in [0, 0.05) is 64.5 Å². The lowest BCUT2D eigenvalue weighted by Gasteiger charge is -2.37. The summed E-state index contributed by atoms with van der Waals surface area (Å²) in [6, 6.07) is 5.43. The summed E-state index contributed by atoms with van der Waals surface area (Å²) >= 11 is 0. The lowest BCUT2D eigenvalue weighted by molar-refractivity contribution is 0.0516. The summed E-state index contributed by atoms with van der Waals surface area (Å²) in [5.74, 6) is 0.678. The number of benzene rings is 1. The third-order valence-corrected chi connectivity index (χ3v) is 8.10. The molecular weight excluding hydrogens is 538 g/mol. The van der Waals surface area contributed by atoms with Gasteiger partial charge in [-0.3, -0.25) is 28.7 Å². The lowest BCUT2D eigenvalue weighted by Crippen LogP contribution is -2.50. The molecule has 0 spiro atoms. The van der Waals surface area contributed by atoms with Gasteiger partial charge in [-0.2, -0.15) is 0 Å². The first-order valence-corrected chi connectivity index (χ1v) is 16.4. The van der Waals surface area contributed by atoms with Crippen molar-refractivity contribution < 1.29 is 43.7 Å². The Hall–Kier alpha value is -0.920. The highest BCUT2D eigenvalue weighted by Crippen LogP contribution is 2.41. The van der Waals surface area contributed by atoms with Crippen LogP contribution in [-0.4, -0.2) is 133 Å². The molecule has 0 aromatic heterocycles. The number of aliphatic hydroxyl groups is 2. The standard InChI is InChI=1S/C23H42N4O9P2/c1-18(28)10-24-5-6-25-13-21-9-20(12-26(16-37(30,31)32)17-38(33,34)35)3-4-23(21)36-15-22(14-25)27(8-7-24)11-19(2)29/h3-4,9,18-19,22,28-29H,5-8,10-17H2,1-2H3,(H2,30,31,32)(H2,33,34,35)/t18-,19-,22?/m0/s1. The van der Waals surface area contributed by atoms with E-state index in [9.17, 15) is 38.9 Å². The molecule has 2 bridgehead atoms. The van der Waals surface area contributed by atoms with E-state index in [2.05, 4.69) is 14.7 Å². The van der Waals surface area contributed by atoms with Crippen LogP contribution in [0.25, 0.3) is 0 Å². The molecule has 2 aliphatic heterocycles. The number of hydrogen-bond acceptors (Lipinski definition) is 9. The fourth-order valence-electron chi connectivity index (χ4n) is 5.14. The molecule has 1 aromatic carbocycles. The Bertz CT molecular complexity index is 979. The van der Waals surface area contributed by atoms with E-state index < -0.39 is 40.0 Å². The van der Waals surface area contributed by atoms with E-state index in [-0.39, 0.29) is 12.6 Å². The third kappa shape index (κ3) is 10.9. The van der Waals surface area contributed by atoms with Crippen LogP contribution < -0.4 is 4.74 Å². The number of fused-ring (bicyclic) bond motifs is 3. The number of nitrogens with zero attached hydrogens (tertiary/aromatic N) is 4. The van der Waals surface area contributed by atoms with Gasteiger partial charge >= 0.3 is 15.2 Å². The molecule has 4 atom stereocenters. The van der Waals surface area contributed by atoms with Crippen molar-refractivity contribution in [2.24, 2.45) is 0 Å². The average molecular weight is 581 g/mol. The van der Waals surface area contributed by atoms with Crippen LogP contribution in [-0.2, 0) is 22.2 Å². The maximum absolute atomic E-state index is 11.6. The van der Waals surface area contributed by atoms with Crippen molar-refractivity contribution in [3.8, 4) is 5.75 Å². The predicted molar refractivity (Wildman–Crippen MR) is 142 cm³/mol. The Morgan fingerprint density at radius 2 is 1.61 bits per heavy atom. The Balaban J connectivity index is 1.84. The van der Waals surface area contributed by atoms with Crippen LogP contribution in [0.2, 0.25) is 0 Å². The number of ether oxygens (including phenoxy) is 1. The van der Waals surface area contributed by atoms with Crippen molar-refractivity contribution in [2.75, 3.05) is 65.0 Å². The van der Waals surface area contributed by atoms with Gasteiger partial charge in [0.25, 0.3) is 0 Å². The topological polar surface area (TPSA) is 178 Å². The van der Waals surface area contributed by atoms with Crippen LogP contribution in [0.1, 0.15) is 25.0 Å². The van der Waals surface area contributed by atoms with E-state index in [1.54, 1.807) is 26.0 Å². The summed E-state index contributed by atoms with van der Waals surface area (Å²) in [6.45, 7) is 9.21. The molecule has 13 nitrogen and oxygen atoms in total. The maximum Gasteiger partial charge on any atom is 0.339 e. The molecule has 2 heterocycles. The Morgan fingerprint density at radius 1 is 0.974 bits per heavy atom. The summed E-state index contributed by atoms with van der Waals surface area (Å²) in [7, 11) is -9.07. The van der Waals surface area contributed by atoms with Crippen LogP contribution in [0.5, 0.6) is 5.75 Å². The second kappa shape index (κ2) is 13.6. The highest BCUT2D eigenvalue weighted by molar-refractivity contribution is 7.52. The fourth-order valence-corrected chi connectivity index (χ4v) is 6.74. The van der Waals surface area contributed by atoms with Gasteiger partial charge in [-0.15, -0.1) is 0 Å². The Morgan fingerprint density at radius 3 is 2.21 bits per heavy atom. The van der Waals surface area contributed by atoms with Gasteiger partial charge in [-0.25, -0.2) is 0 Å². The lowest BCUT2D eigenvalue weighted by atomic mass is 10.1. The van der Waals surface area contributed by atoms with Crippen LogP contribution in [0.4, 0.5) is 0 Å². The van der Waals surface area contributed by atoms with E-state index in [0.29, 0.717) is 44.1 Å².